The second-order valence-electron chi connectivity index (χ2n) is 4.58. The maximum Gasteiger partial charge on any atom is 0.330 e. The lowest BCUT2D eigenvalue weighted by atomic mass is 10.1. The molecule has 3 N–H and O–H groups in total. The van der Waals surface area contributed by atoms with Crippen LogP contribution in [-0.4, -0.2) is 17.0 Å². The quantitative estimate of drug-likeness (QED) is 0.789. The van der Waals surface area contributed by atoms with E-state index in [-0.39, 0.29) is 5.91 Å². The highest BCUT2D eigenvalue weighted by molar-refractivity contribution is 5.89. The number of amides is 1. The molecule has 0 aliphatic carbocycles. The summed E-state index contributed by atoms with van der Waals surface area (Å²) in [6, 6.07) is 15.0. The van der Waals surface area contributed by atoms with E-state index < -0.39 is 12.0 Å². The highest BCUT2D eigenvalue weighted by Crippen LogP contribution is 2.21. The van der Waals surface area contributed by atoms with Crippen LogP contribution in [0.3, 0.4) is 0 Å². The molecule has 0 aromatic heterocycles. The summed E-state index contributed by atoms with van der Waals surface area (Å²) in [5, 5.41) is 15.0. The molecule has 5 nitrogen and oxygen atoms in total. The van der Waals surface area contributed by atoms with Crippen molar-refractivity contribution in [3.63, 3.8) is 0 Å². The Labute approximate surface area is 122 Å². The molecule has 2 rings (SSSR count). The highest BCUT2D eigenvalue weighted by atomic mass is 16.4. The van der Waals surface area contributed by atoms with E-state index in [1.807, 2.05) is 6.07 Å². The molecule has 0 aliphatic heterocycles. The first-order valence-corrected chi connectivity index (χ1v) is 6.48. The molecule has 21 heavy (non-hydrogen) atoms. The van der Waals surface area contributed by atoms with Gasteiger partial charge in [0.15, 0.2) is 6.04 Å². The van der Waals surface area contributed by atoms with Crippen LogP contribution in [0.2, 0.25) is 0 Å². The average molecular weight is 284 g/mol. The number of aliphatic carboxylic acids is 1. The smallest absolute Gasteiger partial charge is 0.330 e. The maximum atomic E-state index is 11.4. The Bertz CT molecular complexity index is 624. The Balaban J connectivity index is 2.14. The molecule has 1 unspecified atom stereocenters. The molecular formula is C16H16N2O3. The zero-order chi connectivity index (χ0) is 15.2. The van der Waals surface area contributed by atoms with E-state index in [1.165, 1.54) is 6.92 Å². The van der Waals surface area contributed by atoms with Gasteiger partial charge in [-0.15, -0.1) is 0 Å². The SMILES string of the molecule is CC(=O)Nc1ccc(NC(C(=O)O)c2ccccc2)cc1. The number of hydrogen-bond donors (Lipinski definition) is 3. The van der Waals surface area contributed by atoms with Crippen LogP contribution in [0.5, 0.6) is 0 Å². The number of rotatable bonds is 5. The molecule has 0 heterocycles. The van der Waals surface area contributed by atoms with Gasteiger partial charge in [0.1, 0.15) is 0 Å². The summed E-state index contributed by atoms with van der Waals surface area (Å²) in [5.74, 6) is -1.10. The predicted molar refractivity (Wildman–Crippen MR) is 81.2 cm³/mol. The van der Waals surface area contributed by atoms with Gasteiger partial charge in [0.25, 0.3) is 0 Å². The molecule has 0 saturated carbocycles. The van der Waals surface area contributed by atoms with Crippen LogP contribution in [-0.2, 0) is 9.59 Å². The van der Waals surface area contributed by atoms with Gasteiger partial charge in [0, 0.05) is 18.3 Å². The van der Waals surface area contributed by atoms with Crippen molar-refractivity contribution < 1.29 is 14.7 Å². The molecule has 0 radical (unpaired) electrons. The van der Waals surface area contributed by atoms with Crippen molar-refractivity contribution in [1.82, 2.24) is 0 Å². The van der Waals surface area contributed by atoms with Crippen LogP contribution in [0.4, 0.5) is 11.4 Å². The number of benzene rings is 2. The van der Waals surface area contributed by atoms with Gasteiger partial charge < -0.3 is 15.7 Å². The minimum Gasteiger partial charge on any atom is -0.479 e. The van der Waals surface area contributed by atoms with E-state index in [4.69, 9.17) is 0 Å². The maximum absolute atomic E-state index is 11.4. The van der Waals surface area contributed by atoms with E-state index >= 15 is 0 Å². The Morgan fingerprint density at radius 3 is 2.05 bits per heavy atom. The lowest BCUT2D eigenvalue weighted by Gasteiger charge is -2.16. The van der Waals surface area contributed by atoms with Gasteiger partial charge in [-0.2, -0.15) is 0 Å². The fraction of sp³-hybridized carbons (Fsp3) is 0.125. The molecule has 1 amide bonds. The monoisotopic (exact) mass is 284 g/mol. The van der Waals surface area contributed by atoms with Gasteiger partial charge in [0.2, 0.25) is 5.91 Å². The van der Waals surface area contributed by atoms with Crippen molar-refractivity contribution >= 4 is 23.3 Å². The van der Waals surface area contributed by atoms with Crippen molar-refractivity contribution in [2.45, 2.75) is 13.0 Å². The topological polar surface area (TPSA) is 78.4 Å². The summed E-state index contributed by atoms with van der Waals surface area (Å²) in [6.45, 7) is 1.43. The van der Waals surface area contributed by atoms with Gasteiger partial charge in [-0.05, 0) is 29.8 Å². The van der Waals surface area contributed by atoms with Crippen LogP contribution in [0.25, 0.3) is 0 Å². The van der Waals surface area contributed by atoms with Crippen molar-refractivity contribution in [2.75, 3.05) is 10.6 Å². The predicted octanol–water partition coefficient (Wildman–Crippen LogP) is 2.88. The third kappa shape index (κ3) is 4.07. The number of carboxylic acids is 1. The van der Waals surface area contributed by atoms with Crippen molar-refractivity contribution in [1.29, 1.82) is 0 Å². The van der Waals surface area contributed by atoms with Gasteiger partial charge >= 0.3 is 5.97 Å². The highest BCUT2D eigenvalue weighted by Gasteiger charge is 2.19. The van der Waals surface area contributed by atoms with Gasteiger partial charge in [-0.1, -0.05) is 30.3 Å². The number of carbonyl (C=O) groups is 2. The van der Waals surface area contributed by atoms with Crippen LogP contribution >= 0.6 is 0 Å². The molecule has 0 spiro atoms. The van der Waals surface area contributed by atoms with Gasteiger partial charge in [-0.25, -0.2) is 4.79 Å². The Hall–Kier alpha value is -2.82. The van der Waals surface area contributed by atoms with Crippen molar-refractivity contribution in [3.05, 3.63) is 60.2 Å². The first-order valence-electron chi connectivity index (χ1n) is 6.48. The second-order valence-corrected chi connectivity index (χ2v) is 4.58. The number of carbonyl (C=O) groups excluding carboxylic acids is 1. The summed E-state index contributed by atoms with van der Waals surface area (Å²) in [4.78, 5) is 22.3. The molecule has 0 fully saturated rings. The van der Waals surface area contributed by atoms with Gasteiger partial charge in [-0.3, -0.25) is 4.79 Å². The molecule has 0 aliphatic rings. The average Bonchev–Trinajstić information content (AvgIpc) is 2.46. The van der Waals surface area contributed by atoms with Gasteiger partial charge in [0.05, 0.1) is 0 Å². The fourth-order valence-corrected chi connectivity index (χ4v) is 1.95. The Morgan fingerprint density at radius 1 is 0.952 bits per heavy atom. The minimum absolute atomic E-state index is 0.150. The summed E-state index contributed by atoms with van der Waals surface area (Å²) in [7, 11) is 0. The molecular weight excluding hydrogens is 268 g/mol. The standard InChI is InChI=1S/C16H16N2O3/c1-11(19)17-13-7-9-14(10-8-13)18-15(16(20)21)12-5-3-2-4-6-12/h2-10,15,18H,1H3,(H,17,19)(H,20,21). The fourth-order valence-electron chi connectivity index (χ4n) is 1.95. The molecule has 2 aromatic carbocycles. The molecule has 0 saturated heterocycles. The van der Waals surface area contributed by atoms with Crippen LogP contribution < -0.4 is 10.6 Å². The Kier molecular flexibility index (Phi) is 4.56. The first kappa shape index (κ1) is 14.6. The third-order valence-corrected chi connectivity index (χ3v) is 2.90. The Morgan fingerprint density at radius 2 is 1.52 bits per heavy atom. The van der Waals surface area contributed by atoms with Crippen LogP contribution in [0.1, 0.15) is 18.5 Å². The zero-order valence-corrected chi connectivity index (χ0v) is 11.5. The lowest BCUT2D eigenvalue weighted by molar-refractivity contribution is -0.138. The second kappa shape index (κ2) is 6.56. The molecule has 0 bridgehead atoms. The van der Waals surface area contributed by atoms with Crippen molar-refractivity contribution in [2.24, 2.45) is 0 Å². The van der Waals surface area contributed by atoms with E-state index in [1.54, 1.807) is 48.5 Å². The van der Waals surface area contributed by atoms with E-state index in [2.05, 4.69) is 10.6 Å². The third-order valence-electron chi connectivity index (χ3n) is 2.90. The number of hydrogen-bond acceptors (Lipinski definition) is 3. The van der Waals surface area contributed by atoms with Crippen LogP contribution in [0, 0.1) is 0 Å². The first-order chi connectivity index (χ1) is 10.1. The zero-order valence-electron chi connectivity index (χ0n) is 11.5. The molecule has 1 atom stereocenters. The summed E-state index contributed by atoms with van der Waals surface area (Å²) >= 11 is 0. The molecule has 5 heteroatoms. The minimum atomic E-state index is -0.952. The normalized spacial score (nSPS) is 11.5. The van der Waals surface area contributed by atoms with Crippen LogP contribution in [0.15, 0.2) is 54.6 Å². The number of nitrogens with one attached hydrogen (secondary N) is 2. The number of carboxylic acid groups (broad SMARTS) is 1. The largest absolute Gasteiger partial charge is 0.479 e. The molecule has 108 valence electrons. The van der Waals surface area contributed by atoms with E-state index in [0.29, 0.717) is 16.9 Å². The summed E-state index contributed by atoms with van der Waals surface area (Å²) < 4.78 is 0. The number of anilines is 2. The van der Waals surface area contributed by atoms with Crippen molar-refractivity contribution in [3.8, 4) is 0 Å². The van der Waals surface area contributed by atoms with E-state index in [9.17, 15) is 14.7 Å². The summed E-state index contributed by atoms with van der Waals surface area (Å²) in [5.41, 5.74) is 2.01. The van der Waals surface area contributed by atoms with E-state index in [0.717, 1.165) is 0 Å². The lowest BCUT2D eigenvalue weighted by Crippen LogP contribution is -2.20. The summed E-state index contributed by atoms with van der Waals surface area (Å²) in [6.07, 6.45) is 0. The molecule has 2 aromatic rings.